The summed E-state index contributed by atoms with van der Waals surface area (Å²) < 4.78 is 0.250. The molecule has 1 rings (SSSR count). The normalized spacial score (nSPS) is 9.60. The van der Waals surface area contributed by atoms with Crippen molar-refractivity contribution in [1.29, 1.82) is 0 Å². The molecule has 0 fully saturated rings. The number of carbonyl (C=O) groups excluding carboxylic acids is 1. The van der Waals surface area contributed by atoms with Gasteiger partial charge in [-0.2, -0.15) is 4.57 Å². The molecule has 1 aromatic heterocycles. The molecule has 1 heterocycles. The third kappa shape index (κ3) is 0.729. The molecule has 0 saturated carbocycles. The molecule has 0 aliphatic heterocycles. The largest absolute Gasteiger partial charge is 0.352 e. The summed E-state index contributed by atoms with van der Waals surface area (Å²) in [4.78, 5) is 31.2. The number of aromatic nitrogens is 3. The maximum absolute atomic E-state index is 10.5. The highest BCUT2D eigenvalue weighted by Crippen LogP contribution is 1.59. The zero-order valence-corrected chi connectivity index (χ0v) is 4.75. The number of nitrogens with zero attached hydrogens (tertiary/aromatic N) is 1. The Labute approximate surface area is 53.4 Å². The number of primary amides is 1. The first-order chi connectivity index (χ1) is 4.63. The Morgan fingerprint density at radius 1 is 1.30 bits per heavy atom. The smallest absolute Gasteiger partial charge is 0.351 e. The maximum Gasteiger partial charge on any atom is 0.352 e. The molecule has 0 aromatic carbocycles. The van der Waals surface area contributed by atoms with Crippen LogP contribution in [0.2, 0.25) is 0 Å². The van der Waals surface area contributed by atoms with Crippen LogP contribution in [-0.2, 0) is 0 Å². The predicted octanol–water partition coefficient (Wildman–Crippen LogP) is -2.21. The average molecular weight is 144 g/mol. The highest BCUT2D eigenvalue weighted by Gasteiger charge is 2.06. The second kappa shape index (κ2) is 1.87. The van der Waals surface area contributed by atoms with Crippen LogP contribution in [0.15, 0.2) is 9.59 Å². The minimum Gasteiger partial charge on any atom is -0.351 e. The minimum absolute atomic E-state index is 0.250. The van der Waals surface area contributed by atoms with E-state index in [-0.39, 0.29) is 4.57 Å². The van der Waals surface area contributed by atoms with E-state index in [1.807, 2.05) is 10.2 Å². The van der Waals surface area contributed by atoms with Crippen LogP contribution >= 0.6 is 0 Å². The molecule has 1 amide bonds. The lowest BCUT2D eigenvalue weighted by Crippen LogP contribution is -2.37. The fourth-order valence-electron chi connectivity index (χ4n) is 0.511. The molecule has 1 aromatic rings. The molecule has 0 aliphatic carbocycles. The van der Waals surface area contributed by atoms with E-state index in [0.717, 1.165) is 0 Å². The number of hydrogen-bond acceptors (Lipinski definition) is 3. The topological polar surface area (TPSA) is 114 Å². The number of H-pyrrole nitrogens is 2. The van der Waals surface area contributed by atoms with E-state index >= 15 is 0 Å². The van der Waals surface area contributed by atoms with Gasteiger partial charge in [-0.3, -0.25) is 0 Å². The fraction of sp³-hybridized carbons (Fsp3) is 0. The molecule has 10 heavy (non-hydrogen) atoms. The lowest BCUT2D eigenvalue weighted by Gasteiger charge is -1.84. The summed E-state index contributed by atoms with van der Waals surface area (Å²) in [6, 6.07) is -1.10. The van der Waals surface area contributed by atoms with Crippen LogP contribution in [0.25, 0.3) is 0 Å². The minimum atomic E-state index is -1.10. The summed E-state index contributed by atoms with van der Waals surface area (Å²) in [5, 5.41) is 3.77. The van der Waals surface area contributed by atoms with E-state index in [2.05, 4.69) is 5.73 Å². The first-order valence-corrected chi connectivity index (χ1v) is 2.32. The number of rotatable bonds is 0. The molecule has 0 unspecified atom stereocenters. The standard InChI is InChI=1S/C3H4N4O3/c4-1(8)7-2(9)5-6-3(7)10/h(H2,4,8)(H,5,9)(H,6,10). The molecule has 0 bridgehead atoms. The summed E-state index contributed by atoms with van der Waals surface area (Å²) in [7, 11) is 0. The van der Waals surface area contributed by atoms with Gasteiger partial charge in [0.2, 0.25) is 0 Å². The predicted molar refractivity (Wildman–Crippen MR) is 30.7 cm³/mol. The van der Waals surface area contributed by atoms with E-state index in [9.17, 15) is 14.4 Å². The summed E-state index contributed by atoms with van der Waals surface area (Å²) in [5.41, 5.74) is 2.92. The molecule has 0 spiro atoms. The highest BCUT2D eigenvalue weighted by atomic mass is 16.2. The molecule has 0 radical (unpaired) electrons. The molecular weight excluding hydrogens is 140 g/mol. The third-order valence-corrected chi connectivity index (χ3v) is 0.903. The summed E-state index contributed by atoms with van der Waals surface area (Å²) in [5.74, 6) is 0. The average Bonchev–Trinajstić information content (AvgIpc) is 2.11. The van der Waals surface area contributed by atoms with Crippen molar-refractivity contribution in [2.45, 2.75) is 0 Å². The Hall–Kier alpha value is -1.79. The van der Waals surface area contributed by atoms with Crippen LogP contribution in [-0.4, -0.2) is 20.8 Å². The fourth-order valence-corrected chi connectivity index (χ4v) is 0.511. The summed E-state index contributed by atoms with van der Waals surface area (Å²) in [6.07, 6.45) is 0. The van der Waals surface area contributed by atoms with Crippen molar-refractivity contribution in [3.8, 4) is 0 Å². The van der Waals surface area contributed by atoms with E-state index in [1.165, 1.54) is 0 Å². The second-order valence-corrected chi connectivity index (χ2v) is 1.53. The highest BCUT2D eigenvalue weighted by molar-refractivity contribution is 5.73. The quantitative estimate of drug-likeness (QED) is 0.383. The zero-order chi connectivity index (χ0) is 7.72. The Balaban J connectivity index is 3.53. The third-order valence-electron chi connectivity index (χ3n) is 0.903. The number of carbonyl (C=O) groups is 1. The lowest BCUT2D eigenvalue weighted by molar-refractivity contribution is 0.249. The van der Waals surface area contributed by atoms with Crippen molar-refractivity contribution in [3.63, 3.8) is 0 Å². The van der Waals surface area contributed by atoms with Gasteiger partial charge in [0.15, 0.2) is 0 Å². The van der Waals surface area contributed by atoms with Gasteiger partial charge in [-0.1, -0.05) is 0 Å². The molecule has 0 saturated heterocycles. The molecule has 7 nitrogen and oxygen atoms in total. The van der Waals surface area contributed by atoms with Crippen molar-refractivity contribution in [2.24, 2.45) is 5.73 Å². The number of nitrogens with one attached hydrogen (secondary N) is 2. The van der Waals surface area contributed by atoms with E-state index in [1.54, 1.807) is 0 Å². The van der Waals surface area contributed by atoms with Gasteiger partial charge < -0.3 is 5.73 Å². The monoisotopic (exact) mass is 144 g/mol. The summed E-state index contributed by atoms with van der Waals surface area (Å²) >= 11 is 0. The van der Waals surface area contributed by atoms with E-state index in [4.69, 9.17) is 0 Å². The second-order valence-electron chi connectivity index (χ2n) is 1.53. The first kappa shape index (κ1) is 6.33. The Morgan fingerprint density at radius 2 is 1.70 bits per heavy atom. The lowest BCUT2D eigenvalue weighted by atomic mass is 10.9. The number of amides is 1. The number of hydrogen-bond donors (Lipinski definition) is 3. The summed E-state index contributed by atoms with van der Waals surface area (Å²) in [6.45, 7) is 0. The SMILES string of the molecule is NC(=O)n1c(=O)[nH][nH]c1=O. The molecule has 0 aliphatic rings. The Kier molecular flexibility index (Phi) is 1.18. The van der Waals surface area contributed by atoms with Gasteiger partial charge in [-0.15, -0.1) is 0 Å². The molecule has 54 valence electrons. The first-order valence-electron chi connectivity index (χ1n) is 2.32. The van der Waals surface area contributed by atoms with Gasteiger partial charge in [0.25, 0.3) is 0 Å². The van der Waals surface area contributed by atoms with E-state index in [0.29, 0.717) is 0 Å². The van der Waals surface area contributed by atoms with Gasteiger partial charge >= 0.3 is 17.4 Å². The van der Waals surface area contributed by atoms with Gasteiger partial charge in [0, 0.05) is 0 Å². The van der Waals surface area contributed by atoms with Crippen LogP contribution in [0.1, 0.15) is 0 Å². The van der Waals surface area contributed by atoms with Gasteiger partial charge in [-0.05, 0) is 0 Å². The van der Waals surface area contributed by atoms with Crippen LogP contribution < -0.4 is 17.1 Å². The Bertz CT molecular complexity index is 327. The Morgan fingerprint density at radius 3 is 1.90 bits per heavy atom. The zero-order valence-electron chi connectivity index (χ0n) is 4.75. The van der Waals surface area contributed by atoms with Crippen molar-refractivity contribution < 1.29 is 4.79 Å². The van der Waals surface area contributed by atoms with E-state index < -0.39 is 17.4 Å². The van der Waals surface area contributed by atoms with Crippen LogP contribution in [0.5, 0.6) is 0 Å². The van der Waals surface area contributed by atoms with Gasteiger partial charge in [0.1, 0.15) is 0 Å². The van der Waals surface area contributed by atoms with Crippen LogP contribution in [0.4, 0.5) is 4.79 Å². The van der Waals surface area contributed by atoms with Gasteiger partial charge in [-0.25, -0.2) is 24.6 Å². The maximum atomic E-state index is 10.5. The number of nitrogens with two attached hydrogens (primary N) is 1. The molecular formula is C3H4N4O3. The van der Waals surface area contributed by atoms with Crippen LogP contribution in [0, 0.1) is 0 Å². The van der Waals surface area contributed by atoms with Crippen molar-refractivity contribution in [2.75, 3.05) is 0 Å². The molecule has 7 heteroatoms. The van der Waals surface area contributed by atoms with Crippen molar-refractivity contribution in [1.82, 2.24) is 14.8 Å². The molecule has 4 N–H and O–H groups in total. The number of aromatic amines is 2. The van der Waals surface area contributed by atoms with Crippen molar-refractivity contribution in [3.05, 3.63) is 21.0 Å². The van der Waals surface area contributed by atoms with Gasteiger partial charge in [0.05, 0.1) is 0 Å². The van der Waals surface area contributed by atoms with Crippen molar-refractivity contribution >= 4 is 6.03 Å². The van der Waals surface area contributed by atoms with Crippen LogP contribution in [0.3, 0.4) is 0 Å². The molecule has 0 atom stereocenters.